The van der Waals surface area contributed by atoms with E-state index in [2.05, 4.69) is 10.6 Å². The molecule has 4 rings (SSSR count). The number of aryl methyl sites for hydroxylation is 3. The Morgan fingerprint density at radius 3 is 2.31 bits per heavy atom. The third kappa shape index (κ3) is 5.10. The van der Waals surface area contributed by atoms with Crippen molar-refractivity contribution in [2.24, 2.45) is 0 Å². The molecule has 0 saturated carbocycles. The molecule has 3 aromatic rings. The van der Waals surface area contributed by atoms with Crippen LogP contribution in [0.5, 0.6) is 0 Å². The van der Waals surface area contributed by atoms with Crippen LogP contribution in [0.4, 0.5) is 4.79 Å². The van der Waals surface area contributed by atoms with Crippen LogP contribution in [0, 0.1) is 20.8 Å². The summed E-state index contributed by atoms with van der Waals surface area (Å²) in [6.45, 7) is 6.11. The summed E-state index contributed by atoms with van der Waals surface area (Å²) in [5, 5.41) is 5.72. The minimum atomic E-state index is -1.38. The Labute approximate surface area is 210 Å². The number of amides is 4. The number of rotatable bonds is 8. The Morgan fingerprint density at radius 2 is 1.63 bits per heavy atom. The molecule has 0 spiro atoms. The molecule has 1 unspecified atom stereocenters. The summed E-state index contributed by atoms with van der Waals surface area (Å²) in [4.78, 5) is 41.5. The van der Waals surface area contributed by atoms with Crippen LogP contribution in [0.15, 0.2) is 77.7 Å². The lowest BCUT2D eigenvalue weighted by molar-refractivity contribution is -0.134. The summed E-state index contributed by atoms with van der Waals surface area (Å²) in [6.07, 6.45) is 0. The van der Waals surface area contributed by atoms with Crippen LogP contribution >= 0.6 is 11.8 Å². The molecule has 0 aromatic heterocycles. The molecule has 0 bridgehead atoms. The second-order valence-electron chi connectivity index (χ2n) is 8.75. The van der Waals surface area contributed by atoms with Crippen LogP contribution in [0.2, 0.25) is 0 Å². The SMILES string of the molecule is Cc1ccc(SCCNC(=O)CN2C(=O)NC(c3ccccc3)(c3ccc(C)c(C)c3)C2=O)cc1. The third-order valence-corrected chi connectivity index (χ3v) is 7.28. The molecule has 1 saturated heterocycles. The van der Waals surface area contributed by atoms with Crippen LogP contribution in [-0.2, 0) is 15.1 Å². The van der Waals surface area contributed by atoms with Crippen LogP contribution in [0.3, 0.4) is 0 Å². The van der Waals surface area contributed by atoms with E-state index in [1.165, 1.54) is 5.56 Å². The quantitative estimate of drug-likeness (QED) is 0.282. The number of urea groups is 1. The van der Waals surface area contributed by atoms with Gasteiger partial charge in [0.1, 0.15) is 6.54 Å². The van der Waals surface area contributed by atoms with Gasteiger partial charge >= 0.3 is 6.03 Å². The highest BCUT2D eigenvalue weighted by Crippen LogP contribution is 2.36. The first kappa shape index (κ1) is 24.5. The van der Waals surface area contributed by atoms with Crippen molar-refractivity contribution < 1.29 is 14.4 Å². The number of carbonyl (C=O) groups is 3. The summed E-state index contributed by atoms with van der Waals surface area (Å²) in [5.41, 5.74) is 3.25. The molecule has 180 valence electrons. The van der Waals surface area contributed by atoms with Gasteiger partial charge in [0.05, 0.1) is 0 Å². The number of thioether (sulfide) groups is 1. The number of hydrogen-bond acceptors (Lipinski definition) is 4. The van der Waals surface area contributed by atoms with Crippen molar-refractivity contribution in [2.45, 2.75) is 31.2 Å². The maximum atomic E-state index is 13.8. The van der Waals surface area contributed by atoms with E-state index < -0.39 is 17.5 Å². The Bertz CT molecular complexity index is 1240. The molecule has 2 N–H and O–H groups in total. The van der Waals surface area contributed by atoms with Gasteiger partial charge in [-0.15, -0.1) is 11.8 Å². The first-order valence-electron chi connectivity index (χ1n) is 11.5. The molecule has 1 aliphatic heterocycles. The van der Waals surface area contributed by atoms with E-state index in [9.17, 15) is 14.4 Å². The number of carbonyl (C=O) groups excluding carboxylic acids is 3. The van der Waals surface area contributed by atoms with E-state index in [4.69, 9.17) is 0 Å². The molecule has 1 atom stereocenters. The van der Waals surface area contributed by atoms with Crippen LogP contribution in [0.1, 0.15) is 27.8 Å². The molecule has 1 heterocycles. The lowest BCUT2D eigenvalue weighted by atomic mass is 9.81. The second-order valence-corrected chi connectivity index (χ2v) is 9.92. The molecule has 3 aromatic carbocycles. The van der Waals surface area contributed by atoms with Gasteiger partial charge in [0, 0.05) is 17.2 Å². The first-order valence-corrected chi connectivity index (χ1v) is 12.5. The predicted octanol–water partition coefficient (Wildman–Crippen LogP) is 4.32. The predicted molar refractivity (Wildman–Crippen MR) is 138 cm³/mol. The molecule has 0 aliphatic carbocycles. The van der Waals surface area contributed by atoms with E-state index >= 15 is 0 Å². The lowest BCUT2D eigenvalue weighted by Gasteiger charge is -2.28. The van der Waals surface area contributed by atoms with Crippen LogP contribution in [-0.4, -0.2) is 41.6 Å². The highest BCUT2D eigenvalue weighted by Gasteiger charge is 2.54. The van der Waals surface area contributed by atoms with Gasteiger partial charge in [-0.3, -0.25) is 14.5 Å². The number of imide groups is 1. The van der Waals surface area contributed by atoms with Gasteiger partial charge in [-0.05, 0) is 55.2 Å². The van der Waals surface area contributed by atoms with Crippen molar-refractivity contribution in [3.8, 4) is 0 Å². The highest BCUT2D eigenvalue weighted by atomic mass is 32.2. The average Bonchev–Trinajstić information content (AvgIpc) is 3.11. The zero-order valence-corrected chi connectivity index (χ0v) is 20.9. The van der Waals surface area contributed by atoms with E-state index in [-0.39, 0.29) is 12.5 Å². The standard InChI is InChI=1S/C28H29N3O3S/c1-19-9-13-24(14-10-19)35-16-15-29-25(32)18-31-26(33)28(30-27(31)34,22-7-5-4-6-8-22)23-12-11-20(2)21(3)17-23/h4-14,17H,15-16,18H2,1-3H3,(H,29,32)(H,30,34). The minimum absolute atomic E-state index is 0.334. The van der Waals surface area contributed by atoms with E-state index in [0.29, 0.717) is 23.4 Å². The molecule has 4 amide bonds. The Balaban J connectivity index is 1.48. The number of benzene rings is 3. The van der Waals surface area contributed by atoms with Crippen molar-refractivity contribution >= 4 is 29.6 Å². The molecule has 35 heavy (non-hydrogen) atoms. The van der Waals surface area contributed by atoms with Gasteiger partial charge in [-0.1, -0.05) is 66.2 Å². The fraction of sp³-hybridized carbons (Fsp3) is 0.250. The van der Waals surface area contributed by atoms with Gasteiger partial charge in [-0.25, -0.2) is 4.79 Å². The third-order valence-electron chi connectivity index (χ3n) is 6.27. The summed E-state index contributed by atoms with van der Waals surface area (Å²) >= 11 is 1.64. The summed E-state index contributed by atoms with van der Waals surface area (Å²) < 4.78 is 0. The fourth-order valence-electron chi connectivity index (χ4n) is 4.13. The fourth-order valence-corrected chi connectivity index (χ4v) is 4.90. The smallest absolute Gasteiger partial charge is 0.326 e. The number of nitrogens with zero attached hydrogens (tertiary/aromatic N) is 1. The van der Waals surface area contributed by atoms with Gasteiger partial charge in [0.25, 0.3) is 5.91 Å². The van der Waals surface area contributed by atoms with Gasteiger partial charge < -0.3 is 10.6 Å². The molecule has 1 fully saturated rings. The van der Waals surface area contributed by atoms with Crippen molar-refractivity contribution in [3.05, 3.63) is 101 Å². The normalized spacial score (nSPS) is 17.4. The maximum absolute atomic E-state index is 13.8. The topological polar surface area (TPSA) is 78.5 Å². The highest BCUT2D eigenvalue weighted by molar-refractivity contribution is 7.99. The minimum Gasteiger partial charge on any atom is -0.354 e. The molecule has 7 heteroatoms. The van der Waals surface area contributed by atoms with E-state index in [1.54, 1.807) is 11.8 Å². The molecule has 1 aliphatic rings. The maximum Gasteiger partial charge on any atom is 0.326 e. The van der Waals surface area contributed by atoms with Crippen LogP contribution < -0.4 is 10.6 Å². The largest absolute Gasteiger partial charge is 0.354 e. The van der Waals surface area contributed by atoms with Crippen LogP contribution in [0.25, 0.3) is 0 Å². The Kier molecular flexibility index (Phi) is 7.26. The van der Waals surface area contributed by atoms with Crippen molar-refractivity contribution in [3.63, 3.8) is 0 Å². The molecular weight excluding hydrogens is 458 g/mol. The summed E-state index contributed by atoms with van der Waals surface area (Å²) in [6, 6.07) is 22.5. The van der Waals surface area contributed by atoms with Crippen molar-refractivity contribution in [1.82, 2.24) is 15.5 Å². The first-order chi connectivity index (χ1) is 16.8. The lowest BCUT2D eigenvalue weighted by Crippen LogP contribution is -2.46. The Morgan fingerprint density at radius 1 is 0.914 bits per heavy atom. The zero-order valence-electron chi connectivity index (χ0n) is 20.1. The van der Waals surface area contributed by atoms with Crippen molar-refractivity contribution in [2.75, 3.05) is 18.8 Å². The summed E-state index contributed by atoms with van der Waals surface area (Å²) in [5.74, 6) is -0.144. The molecule has 6 nitrogen and oxygen atoms in total. The number of hydrogen-bond donors (Lipinski definition) is 2. The van der Waals surface area contributed by atoms with E-state index in [1.807, 2.05) is 93.6 Å². The monoisotopic (exact) mass is 487 g/mol. The second kappa shape index (κ2) is 10.4. The molecule has 0 radical (unpaired) electrons. The van der Waals surface area contributed by atoms with Gasteiger partial charge in [0.15, 0.2) is 5.54 Å². The summed E-state index contributed by atoms with van der Waals surface area (Å²) in [7, 11) is 0. The van der Waals surface area contributed by atoms with Gasteiger partial charge in [-0.2, -0.15) is 0 Å². The molecular formula is C28H29N3O3S. The zero-order chi connectivity index (χ0) is 25.0. The van der Waals surface area contributed by atoms with Crippen molar-refractivity contribution in [1.29, 1.82) is 0 Å². The average molecular weight is 488 g/mol. The van der Waals surface area contributed by atoms with Gasteiger partial charge in [0.2, 0.25) is 5.91 Å². The Hall–Kier alpha value is -3.58. The van der Waals surface area contributed by atoms with E-state index in [0.717, 1.165) is 20.9 Å². The number of nitrogens with one attached hydrogen (secondary N) is 2.